The Morgan fingerprint density at radius 3 is 1.93 bits per heavy atom. The first kappa shape index (κ1) is 35.7. The fourth-order valence-corrected chi connectivity index (χ4v) is 4.19. The molecule has 0 saturated carbocycles. The summed E-state index contributed by atoms with van der Waals surface area (Å²) in [5.41, 5.74) is 6.33. The second kappa shape index (κ2) is 17.6. The van der Waals surface area contributed by atoms with Crippen LogP contribution in [0.15, 0.2) is 72.8 Å². The van der Waals surface area contributed by atoms with E-state index in [0.717, 1.165) is 11.1 Å². The van der Waals surface area contributed by atoms with Crippen molar-refractivity contribution < 1.29 is 28.7 Å². The number of hydrogen-bond donors (Lipinski definition) is 4. The average Bonchev–Trinajstić information content (AvgIpc) is 2.96. The Morgan fingerprint density at radius 2 is 1.39 bits per heavy atom. The third-order valence-corrected chi connectivity index (χ3v) is 6.69. The van der Waals surface area contributed by atoms with Gasteiger partial charge in [-0.05, 0) is 36.0 Å². The van der Waals surface area contributed by atoms with Crippen molar-refractivity contribution in [1.29, 1.82) is 0 Å². The Balaban J connectivity index is 2.23. The zero-order valence-corrected chi connectivity index (χ0v) is 26.3. The first-order valence-corrected chi connectivity index (χ1v) is 14.9. The van der Waals surface area contributed by atoms with Crippen LogP contribution < -0.4 is 21.7 Å². The summed E-state index contributed by atoms with van der Waals surface area (Å²) in [6.07, 6.45) is 2.82. The van der Waals surface area contributed by atoms with Crippen LogP contribution in [0.3, 0.4) is 0 Å². The van der Waals surface area contributed by atoms with Crippen LogP contribution in [0.2, 0.25) is 0 Å². The van der Waals surface area contributed by atoms with Gasteiger partial charge in [0.05, 0.1) is 0 Å². The molecule has 5 N–H and O–H groups in total. The molecule has 0 aliphatic rings. The predicted octanol–water partition coefficient (Wildman–Crippen LogP) is 3.98. The van der Waals surface area contributed by atoms with E-state index in [2.05, 4.69) is 16.0 Å². The van der Waals surface area contributed by atoms with Crippen molar-refractivity contribution in [3.05, 3.63) is 83.9 Å². The zero-order chi connectivity index (χ0) is 32.7. The molecule has 4 amide bonds. The van der Waals surface area contributed by atoms with Crippen molar-refractivity contribution in [2.75, 3.05) is 0 Å². The molecule has 10 heteroatoms. The number of ketones is 1. The highest BCUT2D eigenvalue weighted by molar-refractivity contribution is 5.94. The van der Waals surface area contributed by atoms with Crippen molar-refractivity contribution in [3.8, 4) is 0 Å². The van der Waals surface area contributed by atoms with E-state index in [0.29, 0.717) is 6.42 Å². The minimum Gasteiger partial charge on any atom is -0.445 e. The number of nitrogens with two attached hydrogens (primary N) is 1. The molecule has 0 aromatic heterocycles. The molecule has 44 heavy (non-hydrogen) atoms. The molecule has 0 saturated heterocycles. The minimum absolute atomic E-state index is 0.0137. The van der Waals surface area contributed by atoms with Gasteiger partial charge < -0.3 is 26.4 Å². The van der Waals surface area contributed by atoms with E-state index >= 15 is 0 Å². The maximum absolute atomic E-state index is 13.6. The van der Waals surface area contributed by atoms with Crippen LogP contribution in [0.1, 0.15) is 65.0 Å². The summed E-state index contributed by atoms with van der Waals surface area (Å²) in [5, 5.41) is 8.30. The van der Waals surface area contributed by atoms with Crippen LogP contribution in [0.5, 0.6) is 0 Å². The second-order valence-electron chi connectivity index (χ2n) is 12.2. The van der Waals surface area contributed by atoms with E-state index < -0.39 is 47.4 Å². The second-order valence-corrected chi connectivity index (χ2v) is 12.2. The van der Waals surface area contributed by atoms with Gasteiger partial charge in [0, 0.05) is 24.3 Å². The fraction of sp³-hybridized carbons (Fsp3) is 0.441. The van der Waals surface area contributed by atoms with E-state index in [9.17, 15) is 24.0 Å². The van der Waals surface area contributed by atoms with Crippen molar-refractivity contribution in [3.63, 3.8) is 0 Å². The minimum atomic E-state index is -1.02. The Labute approximate surface area is 260 Å². The molecular weight excluding hydrogens is 560 g/mol. The van der Waals surface area contributed by atoms with E-state index in [1.807, 2.05) is 74.5 Å². The number of primary amides is 1. The van der Waals surface area contributed by atoms with Gasteiger partial charge in [-0.3, -0.25) is 19.2 Å². The molecule has 0 heterocycles. The lowest BCUT2D eigenvalue weighted by Crippen LogP contribution is -2.55. The molecule has 238 valence electrons. The molecule has 0 radical (unpaired) electrons. The lowest BCUT2D eigenvalue weighted by molar-refractivity contribution is -0.130. The van der Waals surface area contributed by atoms with Crippen LogP contribution in [-0.2, 0) is 36.9 Å². The Morgan fingerprint density at radius 1 is 0.818 bits per heavy atom. The van der Waals surface area contributed by atoms with Gasteiger partial charge >= 0.3 is 6.09 Å². The highest BCUT2D eigenvalue weighted by Crippen LogP contribution is 2.16. The molecule has 2 rings (SSSR count). The first-order chi connectivity index (χ1) is 20.7. The van der Waals surface area contributed by atoms with Gasteiger partial charge in [-0.2, -0.15) is 0 Å². The summed E-state index contributed by atoms with van der Waals surface area (Å²) in [6.45, 7) is 9.21. The van der Waals surface area contributed by atoms with Gasteiger partial charge in [0.25, 0.3) is 0 Å². The van der Waals surface area contributed by atoms with Gasteiger partial charge in [0.1, 0.15) is 18.7 Å². The third kappa shape index (κ3) is 13.7. The Kier molecular flexibility index (Phi) is 14.3. The van der Waals surface area contributed by atoms with E-state index in [4.69, 9.17) is 10.5 Å². The van der Waals surface area contributed by atoms with Crippen LogP contribution >= 0.6 is 0 Å². The number of carbonyl (C=O) groups excluding carboxylic acids is 5. The number of alkyl carbamates (subject to hydrolysis) is 1. The largest absolute Gasteiger partial charge is 0.445 e. The van der Waals surface area contributed by atoms with Gasteiger partial charge in [-0.1, -0.05) is 101 Å². The van der Waals surface area contributed by atoms with Gasteiger partial charge in [-0.15, -0.1) is 0 Å². The molecule has 3 atom stereocenters. The number of amides is 4. The molecule has 0 fully saturated rings. The highest BCUT2D eigenvalue weighted by atomic mass is 16.5. The number of hydrogen-bond acceptors (Lipinski definition) is 6. The molecule has 0 bridgehead atoms. The molecule has 0 unspecified atom stereocenters. The van der Waals surface area contributed by atoms with Crippen molar-refractivity contribution >= 4 is 29.6 Å². The number of carbonyl (C=O) groups is 5. The predicted molar refractivity (Wildman–Crippen MR) is 169 cm³/mol. The monoisotopic (exact) mass is 606 g/mol. The molecular formula is C34H46N4O6. The van der Waals surface area contributed by atoms with Crippen molar-refractivity contribution in [1.82, 2.24) is 16.0 Å². The van der Waals surface area contributed by atoms with Gasteiger partial charge in [0.2, 0.25) is 17.7 Å². The van der Waals surface area contributed by atoms with Gasteiger partial charge in [-0.25, -0.2) is 4.79 Å². The number of ether oxygens (including phenoxy) is 1. The number of allylic oxidation sites excluding steroid dienone is 1. The number of nitrogens with one attached hydrogen (secondary N) is 3. The summed E-state index contributed by atoms with van der Waals surface area (Å²) in [6, 6.07) is 15.7. The molecule has 10 nitrogen and oxygen atoms in total. The SMILES string of the molecule is CC(C)C[C@H](NC(=O)OCc1ccccc1)C(=O)N[C@@H](Cc1ccccc1)C(=O)N[C@H](/C=C/C(=O)C(C)(C)C)CCC(N)=O. The lowest BCUT2D eigenvalue weighted by Gasteiger charge is -2.25. The summed E-state index contributed by atoms with van der Waals surface area (Å²) in [7, 11) is 0. The molecule has 0 aliphatic heterocycles. The van der Waals surface area contributed by atoms with Crippen molar-refractivity contribution in [2.45, 2.75) is 85.0 Å². The van der Waals surface area contributed by atoms with Crippen LogP contribution in [0.25, 0.3) is 0 Å². The molecule has 0 aliphatic carbocycles. The zero-order valence-electron chi connectivity index (χ0n) is 26.3. The quantitative estimate of drug-likeness (QED) is 0.212. The van der Waals surface area contributed by atoms with Crippen LogP contribution in [0, 0.1) is 11.3 Å². The Bertz CT molecular complexity index is 1270. The van der Waals surface area contributed by atoms with Crippen LogP contribution in [-0.4, -0.2) is 47.7 Å². The molecule has 0 spiro atoms. The van der Waals surface area contributed by atoms with E-state index in [-0.39, 0.29) is 37.6 Å². The third-order valence-electron chi connectivity index (χ3n) is 6.69. The molecule has 2 aromatic rings. The lowest BCUT2D eigenvalue weighted by atomic mass is 9.90. The summed E-state index contributed by atoms with van der Waals surface area (Å²) >= 11 is 0. The number of benzene rings is 2. The summed E-state index contributed by atoms with van der Waals surface area (Å²) < 4.78 is 5.33. The van der Waals surface area contributed by atoms with E-state index in [1.165, 1.54) is 6.08 Å². The van der Waals surface area contributed by atoms with Crippen LogP contribution in [0.4, 0.5) is 4.79 Å². The highest BCUT2D eigenvalue weighted by Gasteiger charge is 2.29. The van der Waals surface area contributed by atoms with Gasteiger partial charge in [0.15, 0.2) is 5.78 Å². The maximum atomic E-state index is 13.6. The standard InChI is InChI=1S/C34H46N4O6/c1-23(2)20-27(38-33(43)44-22-25-14-10-7-11-15-25)32(42)37-28(21-24-12-8-6-9-13-24)31(41)36-26(17-19-30(35)40)16-18-29(39)34(3,4)5/h6-16,18,23,26-28H,17,19-22H2,1-5H3,(H2,35,40)(H,36,41)(H,37,42)(H,38,43)/b18-16+/t26-,27+,28+/m1/s1. The Hall–Kier alpha value is -4.47. The topological polar surface area (TPSA) is 157 Å². The molecule has 2 aromatic carbocycles. The number of rotatable bonds is 16. The average molecular weight is 607 g/mol. The summed E-state index contributed by atoms with van der Waals surface area (Å²) in [5.74, 6) is -1.70. The normalized spacial score (nSPS) is 13.5. The van der Waals surface area contributed by atoms with Crippen molar-refractivity contribution in [2.24, 2.45) is 17.1 Å². The maximum Gasteiger partial charge on any atom is 0.408 e. The fourth-order valence-electron chi connectivity index (χ4n) is 4.19. The smallest absolute Gasteiger partial charge is 0.408 e. The van der Waals surface area contributed by atoms with E-state index in [1.54, 1.807) is 26.8 Å². The summed E-state index contributed by atoms with van der Waals surface area (Å²) in [4.78, 5) is 63.8. The first-order valence-electron chi connectivity index (χ1n) is 14.9.